The lowest BCUT2D eigenvalue weighted by Crippen LogP contribution is -2.37. The van der Waals surface area contributed by atoms with Gasteiger partial charge in [-0.15, -0.1) is 0 Å². The van der Waals surface area contributed by atoms with Crippen LogP contribution in [0.2, 0.25) is 0 Å². The molecule has 0 spiro atoms. The van der Waals surface area contributed by atoms with Gasteiger partial charge in [0, 0.05) is 30.3 Å². The summed E-state index contributed by atoms with van der Waals surface area (Å²) in [6.45, 7) is 0.863. The quantitative estimate of drug-likeness (QED) is 0.892. The lowest BCUT2D eigenvalue weighted by atomic mass is 10.1. The van der Waals surface area contributed by atoms with Crippen molar-refractivity contribution in [1.82, 2.24) is 5.32 Å². The summed E-state index contributed by atoms with van der Waals surface area (Å²) in [5.74, 6) is 3.13. The average molecular weight is 253 g/mol. The molecule has 17 heavy (non-hydrogen) atoms. The smallest absolute Gasteiger partial charge is 0.123 e. The molecular weight excluding hydrogens is 237 g/mol. The fraction of sp³-hybridized carbons (Fsp3) is 0.538. The van der Waals surface area contributed by atoms with E-state index in [1.165, 1.54) is 24.0 Å². The Balaban J connectivity index is 1.55. The van der Waals surface area contributed by atoms with E-state index in [1.807, 2.05) is 11.8 Å². The fourth-order valence-corrected chi connectivity index (χ4v) is 3.58. The maximum Gasteiger partial charge on any atom is 0.123 e. The second-order valence-corrected chi connectivity index (χ2v) is 5.81. The van der Waals surface area contributed by atoms with Crippen molar-refractivity contribution >= 4 is 11.8 Å². The summed E-state index contributed by atoms with van der Waals surface area (Å²) >= 11 is 2.00. The van der Waals surface area contributed by atoms with Crippen molar-refractivity contribution in [3.63, 3.8) is 0 Å². The Hall–Kier alpha value is -0.740. The summed E-state index contributed by atoms with van der Waals surface area (Å²) in [7, 11) is 0. The third-order valence-corrected chi connectivity index (χ3v) is 4.49. The zero-order valence-electron chi connectivity index (χ0n) is 9.62. The molecule has 3 rings (SSSR count). The molecule has 1 aromatic carbocycles. The molecule has 2 heterocycles. The molecule has 2 aliphatic rings. The maximum atomic E-state index is 13.0. The Bertz CT molecular complexity index is 406. The first-order valence-electron chi connectivity index (χ1n) is 6.07. The summed E-state index contributed by atoms with van der Waals surface area (Å²) in [4.78, 5) is 0. The first-order chi connectivity index (χ1) is 8.31. The van der Waals surface area contributed by atoms with E-state index in [-0.39, 0.29) is 11.9 Å². The van der Waals surface area contributed by atoms with Gasteiger partial charge in [0.05, 0.1) is 0 Å². The minimum absolute atomic E-state index is 0.164. The van der Waals surface area contributed by atoms with E-state index in [1.54, 1.807) is 12.1 Å². The van der Waals surface area contributed by atoms with Crippen LogP contribution in [0.1, 0.15) is 12.0 Å². The van der Waals surface area contributed by atoms with E-state index in [0.29, 0.717) is 6.04 Å². The molecule has 0 aromatic heterocycles. The number of halogens is 1. The lowest BCUT2D eigenvalue weighted by molar-refractivity contribution is 0.223. The van der Waals surface area contributed by atoms with Gasteiger partial charge in [-0.3, -0.25) is 0 Å². The Morgan fingerprint density at radius 2 is 2.41 bits per heavy atom. The Kier molecular flexibility index (Phi) is 3.25. The van der Waals surface area contributed by atoms with Gasteiger partial charge in [0.15, 0.2) is 0 Å². The van der Waals surface area contributed by atoms with Crippen molar-refractivity contribution in [2.75, 3.05) is 18.1 Å². The molecule has 2 atom stereocenters. The van der Waals surface area contributed by atoms with Crippen LogP contribution < -0.4 is 10.1 Å². The number of ether oxygens (including phenoxy) is 1. The molecule has 0 radical (unpaired) electrons. The van der Waals surface area contributed by atoms with Crippen LogP contribution in [0.3, 0.4) is 0 Å². The second-order valence-electron chi connectivity index (χ2n) is 4.66. The van der Waals surface area contributed by atoms with Crippen LogP contribution in [-0.2, 0) is 6.42 Å². The largest absolute Gasteiger partial charge is 0.488 e. The van der Waals surface area contributed by atoms with Crippen LogP contribution in [0.15, 0.2) is 18.2 Å². The topological polar surface area (TPSA) is 21.3 Å². The molecular formula is C13H16FNOS. The molecule has 2 aliphatic heterocycles. The van der Waals surface area contributed by atoms with Gasteiger partial charge in [-0.2, -0.15) is 11.8 Å². The number of hydrogen-bond donors (Lipinski definition) is 1. The van der Waals surface area contributed by atoms with Gasteiger partial charge in [-0.1, -0.05) is 0 Å². The lowest BCUT2D eigenvalue weighted by Gasteiger charge is -2.15. The van der Waals surface area contributed by atoms with Gasteiger partial charge >= 0.3 is 0 Å². The van der Waals surface area contributed by atoms with Crippen molar-refractivity contribution in [3.05, 3.63) is 29.6 Å². The van der Waals surface area contributed by atoms with E-state index < -0.39 is 0 Å². The van der Waals surface area contributed by atoms with Crippen molar-refractivity contribution in [2.24, 2.45) is 0 Å². The van der Waals surface area contributed by atoms with Gasteiger partial charge in [0.2, 0.25) is 0 Å². The van der Waals surface area contributed by atoms with Crippen LogP contribution in [0.4, 0.5) is 4.39 Å². The summed E-state index contributed by atoms with van der Waals surface area (Å²) in [5, 5.41) is 3.53. The molecule has 1 N–H and O–H groups in total. The van der Waals surface area contributed by atoms with E-state index in [2.05, 4.69) is 5.32 Å². The second kappa shape index (κ2) is 4.86. The number of nitrogens with one attached hydrogen (secondary N) is 1. The molecule has 1 saturated heterocycles. The first kappa shape index (κ1) is 11.4. The van der Waals surface area contributed by atoms with E-state index in [9.17, 15) is 4.39 Å². The fourth-order valence-electron chi connectivity index (χ4n) is 2.40. The average Bonchev–Trinajstić information content (AvgIpc) is 2.94. The number of fused-ring (bicyclic) bond motifs is 1. The molecule has 2 unspecified atom stereocenters. The molecule has 4 heteroatoms. The molecule has 0 amide bonds. The van der Waals surface area contributed by atoms with Crippen LogP contribution >= 0.6 is 11.8 Å². The zero-order valence-corrected chi connectivity index (χ0v) is 10.4. The van der Waals surface area contributed by atoms with E-state index in [0.717, 1.165) is 24.3 Å². The summed E-state index contributed by atoms with van der Waals surface area (Å²) in [6, 6.07) is 5.41. The molecule has 1 aromatic rings. The summed E-state index contributed by atoms with van der Waals surface area (Å²) in [5.41, 5.74) is 0.998. The van der Waals surface area contributed by atoms with E-state index in [4.69, 9.17) is 4.74 Å². The predicted molar refractivity (Wildman–Crippen MR) is 68.3 cm³/mol. The molecule has 92 valence electrons. The van der Waals surface area contributed by atoms with Crippen LogP contribution in [0, 0.1) is 5.82 Å². The third kappa shape index (κ3) is 2.58. The van der Waals surface area contributed by atoms with Crippen LogP contribution in [0.5, 0.6) is 5.75 Å². The first-order valence-corrected chi connectivity index (χ1v) is 7.23. The highest BCUT2D eigenvalue weighted by molar-refractivity contribution is 7.99. The van der Waals surface area contributed by atoms with Gasteiger partial charge in [0.1, 0.15) is 17.7 Å². The van der Waals surface area contributed by atoms with Gasteiger partial charge < -0.3 is 10.1 Å². The van der Waals surface area contributed by atoms with Crippen molar-refractivity contribution in [1.29, 1.82) is 0 Å². The predicted octanol–water partition coefficient (Wildman–Crippen LogP) is 2.22. The molecule has 2 nitrogen and oxygen atoms in total. The number of rotatable bonds is 3. The molecule has 0 bridgehead atoms. The highest BCUT2D eigenvalue weighted by Gasteiger charge is 2.24. The van der Waals surface area contributed by atoms with Gasteiger partial charge in [-0.05, 0) is 30.4 Å². The third-order valence-electron chi connectivity index (χ3n) is 3.33. The monoisotopic (exact) mass is 253 g/mol. The highest BCUT2D eigenvalue weighted by atomic mass is 32.2. The number of benzene rings is 1. The van der Waals surface area contributed by atoms with Crippen molar-refractivity contribution < 1.29 is 9.13 Å². The van der Waals surface area contributed by atoms with Crippen LogP contribution in [-0.4, -0.2) is 30.2 Å². The summed E-state index contributed by atoms with van der Waals surface area (Å²) < 4.78 is 18.8. The maximum absolute atomic E-state index is 13.0. The van der Waals surface area contributed by atoms with Crippen molar-refractivity contribution in [2.45, 2.75) is 25.0 Å². The molecule has 0 aliphatic carbocycles. The number of thioether (sulfide) groups is 1. The van der Waals surface area contributed by atoms with Gasteiger partial charge in [0.25, 0.3) is 0 Å². The standard InChI is InChI=1S/C13H16FNOS/c14-10-1-2-13-9(5-10)6-12(16-13)7-15-11-3-4-17-8-11/h1-2,5,11-12,15H,3-4,6-8H2. The van der Waals surface area contributed by atoms with Gasteiger partial charge in [-0.25, -0.2) is 4.39 Å². The number of hydrogen-bond acceptors (Lipinski definition) is 3. The highest BCUT2D eigenvalue weighted by Crippen LogP contribution is 2.29. The summed E-state index contributed by atoms with van der Waals surface area (Å²) in [6.07, 6.45) is 2.23. The Labute approximate surface area is 105 Å². The molecule has 1 fully saturated rings. The Morgan fingerprint density at radius 1 is 1.47 bits per heavy atom. The van der Waals surface area contributed by atoms with Crippen molar-refractivity contribution in [3.8, 4) is 5.75 Å². The minimum atomic E-state index is -0.173. The molecule has 0 saturated carbocycles. The SMILES string of the molecule is Fc1ccc2c(c1)CC(CNC1CCSC1)O2. The minimum Gasteiger partial charge on any atom is -0.488 e. The normalized spacial score (nSPS) is 26.9. The Morgan fingerprint density at radius 3 is 3.24 bits per heavy atom. The van der Waals surface area contributed by atoms with Crippen LogP contribution in [0.25, 0.3) is 0 Å². The zero-order chi connectivity index (χ0) is 11.7. The van der Waals surface area contributed by atoms with E-state index >= 15 is 0 Å².